The average molecular weight is 182 g/mol. The Bertz CT molecular complexity index is 284. The van der Waals surface area contributed by atoms with Gasteiger partial charge in [0, 0.05) is 0 Å². The zero-order valence-corrected chi connectivity index (χ0v) is 6.86. The van der Waals surface area contributed by atoms with Gasteiger partial charge in [0.1, 0.15) is 12.4 Å². The van der Waals surface area contributed by atoms with Crippen LogP contribution in [-0.2, 0) is 11.3 Å². The van der Waals surface area contributed by atoms with Crippen molar-refractivity contribution in [3.05, 3.63) is 29.8 Å². The average Bonchev–Trinajstić information content (AvgIpc) is 2.16. The molecule has 4 N–H and O–H groups in total. The van der Waals surface area contributed by atoms with Crippen molar-refractivity contribution in [2.75, 3.05) is 0 Å². The van der Waals surface area contributed by atoms with E-state index in [9.17, 15) is 4.79 Å². The largest absolute Gasteiger partial charge is 0.508 e. The van der Waals surface area contributed by atoms with Gasteiger partial charge in [0.2, 0.25) is 0 Å². The Kier molecular flexibility index (Phi) is 3.10. The van der Waals surface area contributed by atoms with E-state index in [0.717, 1.165) is 5.56 Å². The summed E-state index contributed by atoms with van der Waals surface area (Å²) in [7, 11) is 0. The van der Waals surface area contributed by atoms with Crippen LogP contribution in [0.5, 0.6) is 5.75 Å². The van der Waals surface area contributed by atoms with Crippen LogP contribution in [-0.4, -0.2) is 11.2 Å². The first-order valence-corrected chi connectivity index (χ1v) is 3.63. The smallest absolute Gasteiger partial charge is 0.421 e. The highest BCUT2D eigenvalue weighted by Gasteiger charge is 1.98. The molecule has 5 nitrogen and oxygen atoms in total. The SMILES string of the molecule is NNC(=O)OCc1ccc(O)cc1. The molecule has 0 saturated carbocycles. The van der Waals surface area contributed by atoms with E-state index in [1.165, 1.54) is 12.1 Å². The number of hydrogen-bond donors (Lipinski definition) is 3. The fourth-order valence-corrected chi connectivity index (χ4v) is 0.783. The van der Waals surface area contributed by atoms with Gasteiger partial charge in [-0.25, -0.2) is 10.6 Å². The third kappa shape index (κ3) is 3.00. The maximum Gasteiger partial charge on any atom is 0.421 e. The topological polar surface area (TPSA) is 84.6 Å². The van der Waals surface area contributed by atoms with Crippen LogP contribution >= 0.6 is 0 Å². The molecular formula is C8H10N2O3. The van der Waals surface area contributed by atoms with Gasteiger partial charge in [-0.15, -0.1) is 0 Å². The molecule has 1 aromatic rings. The predicted molar refractivity (Wildman–Crippen MR) is 45.6 cm³/mol. The fourth-order valence-electron chi connectivity index (χ4n) is 0.783. The molecule has 0 aliphatic rings. The Labute approximate surface area is 75.1 Å². The second-order valence-electron chi connectivity index (χ2n) is 2.39. The van der Waals surface area contributed by atoms with Crippen molar-refractivity contribution >= 4 is 6.09 Å². The summed E-state index contributed by atoms with van der Waals surface area (Å²) in [4.78, 5) is 10.5. The molecule has 0 aliphatic heterocycles. The van der Waals surface area contributed by atoms with Crippen LogP contribution in [0.2, 0.25) is 0 Å². The Hall–Kier alpha value is -1.75. The minimum absolute atomic E-state index is 0.128. The van der Waals surface area contributed by atoms with Gasteiger partial charge in [-0.3, -0.25) is 5.43 Å². The normalized spacial score (nSPS) is 9.31. The highest BCUT2D eigenvalue weighted by atomic mass is 16.5. The minimum atomic E-state index is -0.687. The number of rotatable bonds is 2. The van der Waals surface area contributed by atoms with Crippen molar-refractivity contribution < 1.29 is 14.6 Å². The predicted octanol–water partition coefficient (Wildman–Crippen LogP) is 0.492. The van der Waals surface area contributed by atoms with E-state index in [2.05, 4.69) is 4.74 Å². The number of aromatic hydroxyl groups is 1. The lowest BCUT2D eigenvalue weighted by Gasteiger charge is -2.03. The van der Waals surface area contributed by atoms with Crippen molar-refractivity contribution in [3.63, 3.8) is 0 Å². The van der Waals surface area contributed by atoms with Crippen LogP contribution in [0.4, 0.5) is 4.79 Å². The quantitative estimate of drug-likeness (QED) is 0.353. The molecule has 13 heavy (non-hydrogen) atoms. The molecule has 1 rings (SSSR count). The van der Waals surface area contributed by atoms with E-state index in [0.29, 0.717) is 0 Å². The number of carbonyl (C=O) groups is 1. The summed E-state index contributed by atoms with van der Waals surface area (Å²) in [5.41, 5.74) is 2.62. The van der Waals surface area contributed by atoms with E-state index in [-0.39, 0.29) is 12.4 Å². The van der Waals surface area contributed by atoms with Gasteiger partial charge < -0.3 is 9.84 Å². The minimum Gasteiger partial charge on any atom is -0.508 e. The zero-order chi connectivity index (χ0) is 9.68. The number of hydrazine groups is 1. The molecule has 1 aromatic carbocycles. The van der Waals surface area contributed by atoms with Crippen LogP contribution in [0.25, 0.3) is 0 Å². The number of carbonyl (C=O) groups excluding carboxylic acids is 1. The van der Waals surface area contributed by atoms with Crippen molar-refractivity contribution in [2.24, 2.45) is 5.84 Å². The molecule has 0 aromatic heterocycles. The summed E-state index contributed by atoms with van der Waals surface area (Å²) < 4.78 is 4.66. The second kappa shape index (κ2) is 4.32. The number of benzene rings is 1. The van der Waals surface area contributed by atoms with Gasteiger partial charge >= 0.3 is 6.09 Å². The van der Waals surface area contributed by atoms with E-state index < -0.39 is 6.09 Å². The van der Waals surface area contributed by atoms with Crippen LogP contribution in [0.1, 0.15) is 5.56 Å². The molecule has 0 aliphatic carbocycles. The first-order valence-electron chi connectivity index (χ1n) is 3.63. The number of phenols is 1. The second-order valence-corrected chi connectivity index (χ2v) is 2.39. The van der Waals surface area contributed by atoms with Crippen LogP contribution < -0.4 is 11.3 Å². The van der Waals surface area contributed by atoms with E-state index in [4.69, 9.17) is 10.9 Å². The maximum absolute atomic E-state index is 10.5. The molecule has 5 heteroatoms. The summed E-state index contributed by atoms with van der Waals surface area (Å²) >= 11 is 0. The first kappa shape index (κ1) is 9.34. The van der Waals surface area contributed by atoms with Crippen molar-refractivity contribution in [3.8, 4) is 5.75 Å². The summed E-state index contributed by atoms with van der Waals surface area (Å²) in [6, 6.07) is 6.33. The molecule has 70 valence electrons. The number of ether oxygens (including phenoxy) is 1. The van der Waals surface area contributed by atoms with Crippen LogP contribution in [0.15, 0.2) is 24.3 Å². The van der Waals surface area contributed by atoms with E-state index in [1.807, 2.05) is 5.43 Å². The van der Waals surface area contributed by atoms with Gasteiger partial charge in [-0.05, 0) is 17.7 Å². The molecule has 0 fully saturated rings. The lowest BCUT2D eigenvalue weighted by molar-refractivity contribution is 0.140. The van der Waals surface area contributed by atoms with Crippen molar-refractivity contribution in [1.29, 1.82) is 0 Å². The zero-order valence-electron chi connectivity index (χ0n) is 6.86. The molecule has 0 saturated heterocycles. The van der Waals surface area contributed by atoms with Crippen LogP contribution in [0, 0.1) is 0 Å². The molecule has 0 bridgehead atoms. The number of nitrogens with one attached hydrogen (secondary N) is 1. The van der Waals surface area contributed by atoms with E-state index in [1.54, 1.807) is 12.1 Å². The van der Waals surface area contributed by atoms with E-state index >= 15 is 0 Å². The lowest BCUT2D eigenvalue weighted by Crippen LogP contribution is -2.30. The molecule has 0 radical (unpaired) electrons. The molecule has 1 amide bonds. The molecule has 0 spiro atoms. The number of phenolic OH excluding ortho intramolecular Hbond substituents is 1. The highest BCUT2D eigenvalue weighted by molar-refractivity contribution is 5.66. The summed E-state index contributed by atoms with van der Waals surface area (Å²) in [5, 5.41) is 8.94. The highest BCUT2D eigenvalue weighted by Crippen LogP contribution is 2.10. The van der Waals surface area contributed by atoms with Crippen molar-refractivity contribution in [2.45, 2.75) is 6.61 Å². The monoisotopic (exact) mass is 182 g/mol. The molecule has 0 atom stereocenters. The number of amides is 1. The van der Waals surface area contributed by atoms with Crippen LogP contribution in [0.3, 0.4) is 0 Å². The van der Waals surface area contributed by atoms with Crippen molar-refractivity contribution in [1.82, 2.24) is 5.43 Å². The summed E-state index contributed by atoms with van der Waals surface area (Å²) in [6.07, 6.45) is -0.687. The fraction of sp³-hybridized carbons (Fsp3) is 0.125. The Morgan fingerprint density at radius 3 is 2.62 bits per heavy atom. The summed E-state index contributed by atoms with van der Waals surface area (Å²) in [6.45, 7) is 0.128. The third-order valence-corrected chi connectivity index (χ3v) is 1.42. The van der Waals surface area contributed by atoms with Gasteiger partial charge in [0.05, 0.1) is 0 Å². The Morgan fingerprint density at radius 1 is 1.46 bits per heavy atom. The Morgan fingerprint density at radius 2 is 2.08 bits per heavy atom. The number of hydrogen-bond acceptors (Lipinski definition) is 4. The Balaban J connectivity index is 2.46. The van der Waals surface area contributed by atoms with Gasteiger partial charge in [-0.1, -0.05) is 12.1 Å². The lowest BCUT2D eigenvalue weighted by atomic mass is 10.2. The van der Waals surface area contributed by atoms with Gasteiger partial charge in [0.15, 0.2) is 0 Å². The molecule has 0 heterocycles. The summed E-state index contributed by atoms with van der Waals surface area (Å²) in [5.74, 6) is 4.97. The first-order chi connectivity index (χ1) is 6.22. The third-order valence-electron chi connectivity index (χ3n) is 1.42. The molecule has 0 unspecified atom stereocenters. The maximum atomic E-state index is 10.5. The van der Waals surface area contributed by atoms with Gasteiger partial charge in [0.25, 0.3) is 0 Å². The molecular weight excluding hydrogens is 172 g/mol. The van der Waals surface area contributed by atoms with Gasteiger partial charge in [-0.2, -0.15) is 0 Å². The number of nitrogens with two attached hydrogens (primary N) is 1. The standard InChI is InChI=1S/C8H10N2O3/c9-10-8(12)13-5-6-1-3-7(11)4-2-6/h1-4,11H,5,9H2,(H,10,12).